The Morgan fingerprint density at radius 2 is 2.29 bits per heavy atom. The highest BCUT2D eigenvalue weighted by molar-refractivity contribution is 8.07. The van der Waals surface area contributed by atoms with Gasteiger partial charge in [0.25, 0.3) is 0 Å². The zero-order valence-corrected chi connectivity index (χ0v) is 12.4. The lowest BCUT2D eigenvalue weighted by Gasteiger charge is -2.34. The molecule has 0 radical (unpaired) electrons. The molecular weight excluding hydrogens is 250 g/mol. The summed E-state index contributed by atoms with van der Waals surface area (Å²) in [4.78, 5) is 4.43. The van der Waals surface area contributed by atoms with E-state index in [1.54, 1.807) is 0 Å². The number of rotatable bonds is 4. The summed E-state index contributed by atoms with van der Waals surface area (Å²) in [6.45, 7) is 2.35. The SMILES string of the molecule is CNC(Cc1nccn1C)C1SCCSC1C. The van der Waals surface area contributed by atoms with Gasteiger partial charge < -0.3 is 9.88 Å². The summed E-state index contributed by atoms with van der Waals surface area (Å²) >= 11 is 4.21. The molecule has 1 aromatic rings. The van der Waals surface area contributed by atoms with Crippen molar-refractivity contribution in [2.75, 3.05) is 18.6 Å². The van der Waals surface area contributed by atoms with Crippen molar-refractivity contribution in [2.45, 2.75) is 29.9 Å². The average molecular weight is 271 g/mol. The first-order valence-corrected chi connectivity index (χ1v) is 8.18. The number of thioether (sulfide) groups is 2. The molecule has 17 heavy (non-hydrogen) atoms. The lowest BCUT2D eigenvalue weighted by Crippen LogP contribution is -2.44. The largest absolute Gasteiger partial charge is 0.338 e. The van der Waals surface area contributed by atoms with Crippen LogP contribution in [0.15, 0.2) is 12.4 Å². The van der Waals surface area contributed by atoms with E-state index in [-0.39, 0.29) is 0 Å². The molecule has 3 nitrogen and oxygen atoms in total. The van der Waals surface area contributed by atoms with Gasteiger partial charge in [0.1, 0.15) is 5.82 Å². The van der Waals surface area contributed by atoms with Crippen LogP contribution in [-0.4, -0.2) is 44.6 Å². The molecule has 1 aromatic heterocycles. The molecule has 1 aliphatic heterocycles. The molecule has 0 aliphatic carbocycles. The third kappa shape index (κ3) is 3.20. The number of nitrogens with one attached hydrogen (secondary N) is 1. The summed E-state index contributed by atoms with van der Waals surface area (Å²) in [7, 11) is 4.14. The second kappa shape index (κ2) is 6.16. The minimum Gasteiger partial charge on any atom is -0.338 e. The van der Waals surface area contributed by atoms with Gasteiger partial charge in [0.05, 0.1) is 0 Å². The van der Waals surface area contributed by atoms with E-state index >= 15 is 0 Å². The maximum atomic E-state index is 4.43. The summed E-state index contributed by atoms with van der Waals surface area (Å²) in [6, 6.07) is 0.518. The highest BCUT2D eigenvalue weighted by atomic mass is 32.2. The van der Waals surface area contributed by atoms with Crippen LogP contribution in [0.3, 0.4) is 0 Å². The summed E-state index contributed by atoms with van der Waals surface area (Å²) in [5.74, 6) is 3.74. The molecule has 0 saturated carbocycles. The van der Waals surface area contributed by atoms with Crippen LogP contribution in [0.5, 0.6) is 0 Å². The molecule has 0 amide bonds. The van der Waals surface area contributed by atoms with Gasteiger partial charge in [-0.15, -0.1) is 0 Å². The summed E-state index contributed by atoms with van der Waals surface area (Å²) in [6.07, 6.45) is 4.92. The molecule has 3 unspecified atom stereocenters. The van der Waals surface area contributed by atoms with Crippen LogP contribution >= 0.6 is 23.5 Å². The number of aromatic nitrogens is 2. The first-order valence-electron chi connectivity index (χ1n) is 6.09. The van der Waals surface area contributed by atoms with Crippen LogP contribution in [0.25, 0.3) is 0 Å². The Bertz CT molecular complexity index is 353. The lowest BCUT2D eigenvalue weighted by atomic mass is 10.1. The van der Waals surface area contributed by atoms with Crippen molar-refractivity contribution in [1.29, 1.82) is 0 Å². The first kappa shape index (κ1) is 13.3. The Labute approximate surface area is 112 Å². The summed E-state index contributed by atoms with van der Waals surface area (Å²) < 4.78 is 2.12. The van der Waals surface area contributed by atoms with E-state index in [2.05, 4.69) is 59.4 Å². The lowest BCUT2D eigenvalue weighted by molar-refractivity contribution is 0.512. The highest BCUT2D eigenvalue weighted by Crippen LogP contribution is 2.33. The molecule has 1 N–H and O–H groups in total. The van der Waals surface area contributed by atoms with E-state index in [1.807, 2.05) is 12.4 Å². The van der Waals surface area contributed by atoms with E-state index in [1.165, 1.54) is 17.3 Å². The van der Waals surface area contributed by atoms with Crippen molar-refractivity contribution in [3.05, 3.63) is 18.2 Å². The predicted octanol–water partition coefficient (Wildman–Crippen LogP) is 1.79. The molecule has 0 aromatic carbocycles. The molecule has 0 bridgehead atoms. The average Bonchev–Trinajstić information content (AvgIpc) is 2.73. The summed E-state index contributed by atoms with van der Waals surface area (Å²) in [5, 5.41) is 4.90. The fourth-order valence-corrected chi connectivity index (χ4v) is 5.26. The normalized spacial score (nSPS) is 27.0. The molecular formula is C12H21N3S2. The Hall–Kier alpha value is -0.130. The zero-order chi connectivity index (χ0) is 12.3. The molecule has 1 saturated heterocycles. The van der Waals surface area contributed by atoms with Gasteiger partial charge >= 0.3 is 0 Å². The molecule has 5 heteroatoms. The molecule has 2 rings (SSSR count). The van der Waals surface area contributed by atoms with Gasteiger partial charge in [-0.05, 0) is 7.05 Å². The first-order chi connectivity index (χ1) is 8.22. The van der Waals surface area contributed by atoms with Crippen LogP contribution in [0.1, 0.15) is 12.7 Å². The number of aryl methyl sites for hydroxylation is 1. The summed E-state index contributed by atoms with van der Waals surface area (Å²) in [5.41, 5.74) is 0. The predicted molar refractivity (Wildman–Crippen MR) is 77.9 cm³/mol. The topological polar surface area (TPSA) is 29.9 Å². The molecule has 0 spiro atoms. The third-order valence-electron chi connectivity index (χ3n) is 3.33. The second-order valence-corrected chi connectivity index (χ2v) is 7.24. The number of hydrogen-bond donors (Lipinski definition) is 1. The van der Waals surface area contributed by atoms with Crippen LogP contribution < -0.4 is 5.32 Å². The molecule has 96 valence electrons. The van der Waals surface area contributed by atoms with Crippen LogP contribution in [0, 0.1) is 0 Å². The van der Waals surface area contributed by atoms with E-state index < -0.39 is 0 Å². The van der Waals surface area contributed by atoms with Crippen molar-refractivity contribution in [3.63, 3.8) is 0 Å². The van der Waals surface area contributed by atoms with Gasteiger partial charge in [-0.2, -0.15) is 23.5 Å². The van der Waals surface area contributed by atoms with Crippen LogP contribution in [0.4, 0.5) is 0 Å². The maximum Gasteiger partial charge on any atom is 0.109 e. The standard InChI is InChI=1S/C12H21N3S2/c1-9-12(17-7-6-16-9)10(13-2)8-11-14-4-5-15(11)3/h4-5,9-10,12-13H,6-8H2,1-3H3. The van der Waals surface area contributed by atoms with Gasteiger partial charge in [0, 0.05) is 53.9 Å². The molecule has 2 heterocycles. The van der Waals surface area contributed by atoms with E-state index in [4.69, 9.17) is 0 Å². The van der Waals surface area contributed by atoms with Gasteiger partial charge in [0.2, 0.25) is 0 Å². The Kier molecular flexibility index (Phi) is 4.82. The van der Waals surface area contributed by atoms with E-state index in [0.717, 1.165) is 11.7 Å². The molecule has 1 fully saturated rings. The van der Waals surface area contributed by atoms with E-state index in [0.29, 0.717) is 11.3 Å². The van der Waals surface area contributed by atoms with Gasteiger partial charge in [-0.1, -0.05) is 6.92 Å². The van der Waals surface area contributed by atoms with Crippen molar-refractivity contribution in [3.8, 4) is 0 Å². The third-order valence-corrected chi connectivity index (χ3v) is 6.58. The second-order valence-electron chi connectivity index (χ2n) is 4.46. The van der Waals surface area contributed by atoms with Gasteiger partial charge in [-0.25, -0.2) is 4.98 Å². The highest BCUT2D eigenvalue weighted by Gasteiger charge is 2.30. The van der Waals surface area contributed by atoms with Crippen LogP contribution in [0.2, 0.25) is 0 Å². The molecule has 1 aliphatic rings. The van der Waals surface area contributed by atoms with Crippen molar-refractivity contribution < 1.29 is 0 Å². The Balaban J connectivity index is 2.03. The van der Waals surface area contributed by atoms with Gasteiger partial charge in [-0.3, -0.25) is 0 Å². The fraction of sp³-hybridized carbons (Fsp3) is 0.750. The Morgan fingerprint density at radius 3 is 2.88 bits per heavy atom. The fourth-order valence-electron chi connectivity index (χ4n) is 2.26. The van der Waals surface area contributed by atoms with E-state index in [9.17, 15) is 0 Å². The zero-order valence-electron chi connectivity index (χ0n) is 10.7. The molecule has 3 atom stereocenters. The monoisotopic (exact) mass is 271 g/mol. The van der Waals surface area contributed by atoms with Crippen molar-refractivity contribution >= 4 is 23.5 Å². The number of imidazole rings is 1. The quantitative estimate of drug-likeness (QED) is 0.904. The maximum absolute atomic E-state index is 4.43. The van der Waals surface area contributed by atoms with Crippen LogP contribution in [-0.2, 0) is 13.5 Å². The number of nitrogens with zero attached hydrogens (tertiary/aromatic N) is 2. The number of likely N-dealkylation sites (N-methyl/N-ethyl adjacent to an activating group) is 1. The Morgan fingerprint density at radius 1 is 1.53 bits per heavy atom. The van der Waals surface area contributed by atoms with Crippen molar-refractivity contribution in [1.82, 2.24) is 14.9 Å². The smallest absolute Gasteiger partial charge is 0.109 e. The van der Waals surface area contributed by atoms with Crippen molar-refractivity contribution in [2.24, 2.45) is 7.05 Å². The van der Waals surface area contributed by atoms with Gasteiger partial charge in [0.15, 0.2) is 0 Å². The number of hydrogen-bond acceptors (Lipinski definition) is 4. The minimum atomic E-state index is 0.518. The minimum absolute atomic E-state index is 0.518.